The van der Waals surface area contributed by atoms with Crippen molar-refractivity contribution in [3.8, 4) is 11.1 Å². The molecule has 8 heteroatoms. The molecule has 1 atom stereocenters. The zero-order valence-corrected chi connectivity index (χ0v) is 25.8. The van der Waals surface area contributed by atoms with Crippen LogP contribution in [0.25, 0.3) is 11.1 Å². The number of aryl methyl sites for hydroxylation is 2. The van der Waals surface area contributed by atoms with Crippen LogP contribution in [-0.2, 0) is 16.1 Å². The van der Waals surface area contributed by atoms with E-state index in [0.717, 1.165) is 31.5 Å². The van der Waals surface area contributed by atoms with Gasteiger partial charge >= 0.3 is 5.97 Å². The standard InChI is InChI=1S/C35H42FN3O4/c1-22-28(26-13-12-25(20-27(26)36)32(40)37-21-24-10-7-6-8-11-24)30(39-18-16-35(17-19-39)14-9-15-35)29(23(2)38-22)31(33(41)42)43-34(3,4)5/h6-8,10-13,20,31H,9,14-19,21H2,1-5H3,(H,37,40)(H,41,42). The second-order valence-corrected chi connectivity index (χ2v) is 13.1. The van der Waals surface area contributed by atoms with E-state index in [-0.39, 0.29) is 17.0 Å². The highest BCUT2D eigenvalue weighted by molar-refractivity contribution is 5.95. The predicted octanol–water partition coefficient (Wildman–Crippen LogP) is 7.15. The van der Waals surface area contributed by atoms with Gasteiger partial charge in [0, 0.05) is 53.3 Å². The molecule has 7 nitrogen and oxygen atoms in total. The van der Waals surface area contributed by atoms with Crippen LogP contribution >= 0.6 is 0 Å². The van der Waals surface area contributed by atoms with Crippen molar-refractivity contribution in [2.45, 2.75) is 85.0 Å². The zero-order chi connectivity index (χ0) is 30.9. The monoisotopic (exact) mass is 587 g/mol. The number of carboxylic acid groups (broad SMARTS) is 1. The molecule has 2 N–H and O–H groups in total. The van der Waals surface area contributed by atoms with Gasteiger partial charge < -0.3 is 20.1 Å². The summed E-state index contributed by atoms with van der Waals surface area (Å²) in [6.45, 7) is 10.9. The number of pyridine rings is 1. The average molecular weight is 588 g/mol. The van der Waals surface area contributed by atoms with E-state index in [4.69, 9.17) is 9.72 Å². The minimum atomic E-state index is -1.28. The Bertz CT molecular complexity index is 1500. The molecule has 2 heterocycles. The maximum absolute atomic E-state index is 16.1. The Balaban J connectivity index is 1.57. The van der Waals surface area contributed by atoms with Gasteiger partial charge in [-0.3, -0.25) is 9.78 Å². The predicted molar refractivity (Wildman–Crippen MR) is 166 cm³/mol. The Labute approximate surface area is 253 Å². The van der Waals surface area contributed by atoms with Crippen molar-refractivity contribution in [3.05, 3.63) is 82.4 Å². The summed E-state index contributed by atoms with van der Waals surface area (Å²) in [5.41, 5.74) is 3.87. The van der Waals surface area contributed by atoms with Crippen LogP contribution in [-0.4, -0.2) is 40.7 Å². The maximum Gasteiger partial charge on any atom is 0.337 e. The normalized spacial score (nSPS) is 16.9. The molecular formula is C35H42FN3O4. The second kappa shape index (κ2) is 12.1. The van der Waals surface area contributed by atoms with Gasteiger partial charge in [0.25, 0.3) is 5.91 Å². The van der Waals surface area contributed by atoms with E-state index in [0.29, 0.717) is 40.2 Å². The number of carboxylic acids is 1. The highest BCUT2D eigenvalue weighted by Crippen LogP contribution is 2.51. The smallest absolute Gasteiger partial charge is 0.337 e. The van der Waals surface area contributed by atoms with Gasteiger partial charge in [-0.25, -0.2) is 9.18 Å². The summed E-state index contributed by atoms with van der Waals surface area (Å²) < 4.78 is 22.2. The van der Waals surface area contributed by atoms with Crippen molar-refractivity contribution in [3.63, 3.8) is 0 Å². The number of hydrogen-bond donors (Lipinski definition) is 2. The molecule has 2 aromatic carbocycles. The first-order valence-electron chi connectivity index (χ1n) is 15.2. The Morgan fingerprint density at radius 2 is 1.72 bits per heavy atom. The zero-order valence-electron chi connectivity index (χ0n) is 25.8. The SMILES string of the molecule is Cc1nc(C)c(C(OC(C)(C)C)C(=O)O)c(N2CCC3(CCC3)CC2)c1-c1ccc(C(=O)NCc2ccccc2)cc1F. The quantitative estimate of drug-likeness (QED) is 0.291. The molecule has 0 bridgehead atoms. The molecule has 228 valence electrons. The number of nitrogens with one attached hydrogen (secondary N) is 1. The minimum Gasteiger partial charge on any atom is -0.479 e. The number of anilines is 1. The van der Waals surface area contributed by atoms with Gasteiger partial charge in [-0.2, -0.15) is 0 Å². The third-order valence-corrected chi connectivity index (χ3v) is 8.89. The molecule has 1 aliphatic carbocycles. The highest BCUT2D eigenvalue weighted by Gasteiger charge is 2.42. The van der Waals surface area contributed by atoms with Crippen LogP contribution in [0, 0.1) is 25.1 Å². The molecule has 1 aliphatic heterocycles. The first-order chi connectivity index (χ1) is 20.4. The maximum atomic E-state index is 16.1. The number of nitrogens with zero attached hydrogens (tertiary/aromatic N) is 2. The molecule has 1 aromatic heterocycles. The number of amides is 1. The van der Waals surface area contributed by atoms with Gasteiger partial charge in [0.05, 0.1) is 11.3 Å². The largest absolute Gasteiger partial charge is 0.479 e. The summed E-state index contributed by atoms with van der Waals surface area (Å²) in [4.78, 5) is 32.6. The van der Waals surface area contributed by atoms with Crippen LogP contribution in [0.2, 0.25) is 0 Å². The number of carbonyl (C=O) groups is 2. The molecule has 1 unspecified atom stereocenters. The molecule has 5 rings (SSSR count). The lowest BCUT2D eigenvalue weighted by Gasteiger charge is -2.49. The summed E-state index contributed by atoms with van der Waals surface area (Å²) in [5, 5.41) is 13.2. The Morgan fingerprint density at radius 1 is 1.05 bits per heavy atom. The van der Waals surface area contributed by atoms with E-state index in [1.807, 2.05) is 58.0 Å². The molecule has 43 heavy (non-hydrogen) atoms. The first kappa shape index (κ1) is 30.7. The molecule has 1 saturated heterocycles. The van der Waals surface area contributed by atoms with E-state index in [1.54, 1.807) is 19.1 Å². The van der Waals surface area contributed by atoms with Crippen LogP contribution in [0.4, 0.5) is 10.1 Å². The van der Waals surface area contributed by atoms with Crippen molar-refractivity contribution in [1.29, 1.82) is 0 Å². The van der Waals surface area contributed by atoms with Crippen molar-refractivity contribution < 1.29 is 23.8 Å². The summed E-state index contributed by atoms with van der Waals surface area (Å²) in [6, 6.07) is 14.0. The van der Waals surface area contributed by atoms with Gasteiger partial charge in [-0.15, -0.1) is 0 Å². The number of rotatable bonds is 8. The lowest BCUT2D eigenvalue weighted by Crippen LogP contribution is -2.44. The summed E-state index contributed by atoms with van der Waals surface area (Å²) >= 11 is 0. The van der Waals surface area contributed by atoms with Gasteiger partial charge in [0.1, 0.15) is 5.82 Å². The van der Waals surface area contributed by atoms with E-state index < -0.39 is 23.5 Å². The minimum absolute atomic E-state index is 0.209. The van der Waals surface area contributed by atoms with E-state index >= 15 is 4.39 Å². The number of halogens is 1. The van der Waals surface area contributed by atoms with Crippen LogP contribution in [0.5, 0.6) is 0 Å². The Kier molecular flexibility index (Phi) is 8.61. The van der Waals surface area contributed by atoms with Gasteiger partial charge in [-0.05, 0) is 83.4 Å². The number of piperidine rings is 1. The lowest BCUT2D eigenvalue weighted by molar-refractivity contribution is -0.160. The average Bonchev–Trinajstić information content (AvgIpc) is 2.94. The molecular weight excluding hydrogens is 545 g/mol. The number of aromatic nitrogens is 1. The number of carbonyl (C=O) groups excluding carboxylic acids is 1. The third kappa shape index (κ3) is 6.59. The number of ether oxygens (including phenoxy) is 1. The number of aliphatic carboxylic acids is 1. The fourth-order valence-electron chi connectivity index (χ4n) is 6.52. The summed E-state index contributed by atoms with van der Waals surface area (Å²) in [5.74, 6) is -2.06. The summed E-state index contributed by atoms with van der Waals surface area (Å²) in [7, 11) is 0. The van der Waals surface area contributed by atoms with Gasteiger partial charge in [-0.1, -0.05) is 42.8 Å². The molecule has 2 fully saturated rings. The summed E-state index contributed by atoms with van der Waals surface area (Å²) in [6.07, 6.45) is 4.43. The van der Waals surface area contributed by atoms with Crippen LogP contribution < -0.4 is 10.2 Å². The van der Waals surface area contributed by atoms with Crippen LogP contribution in [0.15, 0.2) is 48.5 Å². The molecule has 1 amide bonds. The lowest BCUT2D eigenvalue weighted by atomic mass is 9.63. The van der Waals surface area contributed by atoms with E-state index in [9.17, 15) is 14.7 Å². The topological polar surface area (TPSA) is 91.8 Å². The molecule has 0 radical (unpaired) electrons. The van der Waals surface area contributed by atoms with Crippen molar-refractivity contribution in [1.82, 2.24) is 10.3 Å². The number of hydrogen-bond acceptors (Lipinski definition) is 5. The van der Waals surface area contributed by atoms with Crippen molar-refractivity contribution in [2.75, 3.05) is 18.0 Å². The fraction of sp³-hybridized carbons (Fsp3) is 0.457. The molecule has 3 aromatic rings. The van der Waals surface area contributed by atoms with Crippen LogP contribution in [0.1, 0.15) is 91.9 Å². The molecule has 1 saturated carbocycles. The van der Waals surface area contributed by atoms with E-state index in [2.05, 4.69) is 10.2 Å². The number of benzene rings is 2. The highest BCUT2D eigenvalue weighted by atomic mass is 19.1. The second-order valence-electron chi connectivity index (χ2n) is 13.1. The van der Waals surface area contributed by atoms with Crippen molar-refractivity contribution >= 4 is 17.6 Å². The van der Waals surface area contributed by atoms with Crippen molar-refractivity contribution in [2.24, 2.45) is 5.41 Å². The third-order valence-electron chi connectivity index (χ3n) is 8.89. The van der Waals surface area contributed by atoms with Gasteiger partial charge in [0.2, 0.25) is 0 Å². The molecule has 2 aliphatic rings. The van der Waals surface area contributed by atoms with E-state index in [1.165, 1.54) is 25.3 Å². The Hall–Kier alpha value is -3.78. The Morgan fingerprint density at radius 3 is 2.28 bits per heavy atom. The van der Waals surface area contributed by atoms with Crippen LogP contribution in [0.3, 0.4) is 0 Å². The first-order valence-corrected chi connectivity index (χ1v) is 15.2. The molecule has 1 spiro atoms. The fourth-order valence-corrected chi connectivity index (χ4v) is 6.52. The van der Waals surface area contributed by atoms with Gasteiger partial charge in [0.15, 0.2) is 6.10 Å².